The fraction of sp³-hybridized carbons (Fsp3) is 0.280. The Morgan fingerprint density at radius 2 is 1.95 bits per heavy atom. The summed E-state index contributed by atoms with van der Waals surface area (Å²) in [6, 6.07) is 8.77. The van der Waals surface area contributed by atoms with E-state index in [0.717, 1.165) is 22.7 Å². The number of fused-ring (bicyclic) bond motifs is 2. The highest BCUT2D eigenvalue weighted by molar-refractivity contribution is 5.80. The number of aromatic nitrogens is 6. The van der Waals surface area contributed by atoms with E-state index >= 15 is 4.39 Å². The van der Waals surface area contributed by atoms with E-state index in [1.165, 1.54) is 6.33 Å². The number of hydrogen-bond donors (Lipinski definition) is 3. The molecule has 37 heavy (non-hydrogen) atoms. The van der Waals surface area contributed by atoms with Gasteiger partial charge in [0.1, 0.15) is 24.3 Å². The monoisotopic (exact) mass is 501 g/mol. The molecule has 1 saturated heterocycles. The Labute approximate surface area is 209 Å². The molecule has 0 radical (unpaired) electrons. The average molecular weight is 502 g/mol. The number of ether oxygens (including phenoxy) is 1. The fourth-order valence-corrected chi connectivity index (χ4v) is 4.90. The highest BCUT2D eigenvalue weighted by atomic mass is 19.1. The Bertz CT molecular complexity index is 1550. The van der Waals surface area contributed by atoms with Crippen LogP contribution in [0.1, 0.15) is 18.9 Å². The van der Waals surface area contributed by atoms with Crippen LogP contribution < -0.4 is 15.4 Å². The third-order valence-corrected chi connectivity index (χ3v) is 6.62. The van der Waals surface area contributed by atoms with Crippen LogP contribution in [0.3, 0.4) is 0 Å². The Hall–Kier alpha value is -4.50. The van der Waals surface area contributed by atoms with Crippen molar-refractivity contribution in [2.45, 2.75) is 37.8 Å². The molecule has 1 aliphatic heterocycles. The summed E-state index contributed by atoms with van der Waals surface area (Å²) in [5.74, 6) is -0.408. The highest BCUT2D eigenvalue weighted by Crippen LogP contribution is 2.38. The van der Waals surface area contributed by atoms with Gasteiger partial charge in [0.15, 0.2) is 23.4 Å². The number of nitrogens with one attached hydrogen (secondary N) is 3. The van der Waals surface area contributed by atoms with Gasteiger partial charge >= 0.3 is 0 Å². The van der Waals surface area contributed by atoms with Crippen LogP contribution in [0.25, 0.3) is 22.3 Å². The number of nitriles is 1. The molecule has 0 amide bonds. The summed E-state index contributed by atoms with van der Waals surface area (Å²) >= 11 is 0. The number of H-pyrrole nitrogens is 1. The van der Waals surface area contributed by atoms with Gasteiger partial charge < -0.3 is 15.4 Å². The second-order valence-corrected chi connectivity index (χ2v) is 9.08. The summed E-state index contributed by atoms with van der Waals surface area (Å²) < 4.78 is 35.6. The molecule has 186 valence electrons. The maximum absolute atomic E-state index is 15.2. The van der Waals surface area contributed by atoms with Crippen LogP contribution in [0.15, 0.2) is 54.8 Å². The lowest BCUT2D eigenvalue weighted by Crippen LogP contribution is -2.45. The zero-order chi connectivity index (χ0) is 25.5. The molecule has 1 fully saturated rings. The van der Waals surface area contributed by atoms with Crippen LogP contribution in [0, 0.1) is 17.2 Å². The van der Waals surface area contributed by atoms with Crippen molar-refractivity contribution in [1.29, 1.82) is 5.26 Å². The first-order valence-electron chi connectivity index (χ1n) is 11.7. The van der Waals surface area contributed by atoms with E-state index in [2.05, 4.69) is 40.8 Å². The largest absolute Gasteiger partial charge is 0.439 e. The summed E-state index contributed by atoms with van der Waals surface area (Å²) in [5, 5.41) is 23.0. The molecule has 1 aromatic carbocycles. The molecule has 3 N–H and O–H groups in total. The number of anilines is 2. The van der Waals surface area contributed by atoms with Crippen molar-refractivity contribution in [3.05, 3.63) is 60.4 Å². The summed E-state index contributed by atoms with van der Waals surface area (Å²) in [4.78, 5) is 16.7. The van der Waals surface area contributed by atoms with E-state index in [-0.39, 0.29) is 29.1 Å². The van der Waals surface area contributed by atoms with E-state index in [0.29, 0.717) is 17.9 Å². The first-order chi connectivity index (χ1) is 18.0. The number of nitrogens with zero attached hydrogens (tertiary/aromatic N) is 6. The summed E-state index contributed by atoms with van der Waals surface area (Å²) in [6.45, 7) is 1.89. The number of alkyl halides is 2. The van der Waals surface area contributed by atoms with Crippen molar-refractivity contribution >= 4 is 22.7 Å². The van der Waals surface area contributed by atoms with Crippen molar-refractivity contribution in [3.63, 3.8) is 0 Å². The zero-order valence-electron chi connectivity index (χ0n) is 19.6. The van der Waals surface area contributed by atoms with Crippen molar-refractivity contribution in [2.75, 3.05) is 5.32 Å². The molecule has 5 unspecified atom stereocenters. The molecule has 4 heterocycles. The molecule has 12 heteroatoms. The lowest BCUT2D eigenvalue weighted by molar-refractivity contribution is 0.133. The minimum Gasteiger partial charge on any atom is -0.439 e. The van der Waals surface area contributed by atoms with Crippen LogP contribution in [-0.4, -0.2) is 54.6 Å². The lowest BCUT2D eigenvalue weighted by atomic mass is 9.85. The number of halogens is 2. The maximum Gasteiger partial charge on any atom is 0.242 e. The molecule has 0 bridgehead atoms. The van der Waals surface area contributed by atoms with Gasteiger partial charge in [-0.25, -0.2) is 18.7 Å². The lowest BCUT2D eigenvalue weighted by Gasteiger charge is -2.30. The topological polar surface area (TPSA) is 137 Å². The normalized spacial score (nSPS) is 24.8. The van der Waals surface area contributed by atoms with Gasteiger partial charge in [0.25, 0.3) is 0 Å². The Morgan fingerprint density at radius 3 is 2.78 bits per heavy atom. The number of aromatic amines is 1. The Morgan fingerprint density at radius 1 is 1.11 bits per heavy atom. The third kappa shape index (κ3) is 4.23. The third-order valence-electron chi connectivity index (χ3n) is 6.62. The zero-order valence-corrected chi connectivity index (χ0v) is 19.6. The molecular weight excluding hydrogens is 480 g/mol. The van der Waals surface area contributed by atoms with Crippen LogP contribution >= 0.6 is 0 Å². The Balaban J connectivity index is 1.24. The van der Waals surface area contributed by atoms with Gasteiger partial charge in [-0.3, -0.25) is 15.1 Å². The highest BCUT2D eigenvalue weighted by Gasteiger charge is 2.47. The molecule has 6 rings (SSSR count). The molecule has 0 saturated carbocycles. The Kier molecular flexibility index (Phi) is 5.69. The number of allylic oxidation sites excluding steroid dienone is 1. The fourth-order valence-electron chi connectivity index (χ4n) is 4.90. The predicted octanol–water partition coefficient (Wildman–Crippen LogP) is 3.74. The molecule has 1 aliphatic carbocycles. The van der Waals surface area contributed by atoms with Crippen molar-refractivity contribution in [3.8, 4) is 23.2 Å². The minimum absolute atomic E-state index is 0.00468. The van der Waals surface area contributed by atoms with Crippen molar-refractivity contribution < 1.29 is 13.5 Å². The average Bonchev–Trinajstić information content (AvgIpc) is 3.54. The standard InChI is InChI=1S/C25H21F2N9O/c1-12-6-14-22(27)20(8-16(26)23(14)33-12)37-25-15(10-28)24(31-11-32-25)34-21-9-18(35-36-21)13-2-3-17-19(7-13)30-5-4-29-17/h2-5,7-9,11-12,14,16,22-23,33H,6H2,1H3,(H2,31,32,34,35,36). The van der Waals surface area contributed by atoms with Crippen molar-refractivity contribution in [1.82, 2.24) is 35.5 Å². The van der Waals surface area contributed by atoms with Gasteiger partial charge in [0.05, 0.1) is 16.7 Å². The molecule has 10 nitrogen and oxygen atoms in total. The van der Waals surface area contributed by atoms with Crippen LogP contribution in [0.2, 0.25) is 0 Å². The van der Waals surface area contributed by atoms with Gasteiger partial charge in [-0.15, -0.1) is 0 Å². The molecule has 5 atom stereocenters. The van der Waals surface area contributed by atoms with Gasteiger partial charge in [-0.1, -0.05) is 6.07 Å². The number of benzene rings is 1. The molecule has 0 spiro atoms. The van der Waals surface area contributed by atoms with Crippen molar-refractivity contribution in [2.24, 2.45) is 5.92 Å². The SMILES string of the molecule is CC1CC2C(F)C(Oc3ncnc(Nc4cc(-c5ccc6nccnc6c5)[nH]n4)c3C#N)=CC(F)C2N1. The smallest absolute Gasteiger partial charge is 0.242 e. The van der Waals surface area contributed by atoms with Gasteiger partial charge in [-0.05, 0) is 31.6 Å². The maximum atomic E-state index is 15.2. The molecular formula is C25H21F2N9O. The second-order valence-electron chi connectivity index (χ2n) is 9.08. The predicted molar refractivity (Wildman–Crippen MR) is 130 cm³/mol. The van der Waals surface area contributed by atoms with Gasteiger partial charge in [-0.2, -0.15) is 10.4 Å². The number of hydrogen-bond acceptors (Lipinski definition) is 9. The van der Waals surface area contributed by atoms with Crippen LogP contribution in [0.5, 0.6) is 5.88 Å². The summed E-state index contributed by atoms with van der Waals surface area (Å²) in [6.07, 6.45) is 3.10. The van der Waals surface area contributed by atoms with Crippen LogP contribution in [0.4, 0.5) is 20.4 Å². The van der Waals surface area contributed by atoms with E-state index < -0.39 is 24.3 Å². The first-order valence-corrected chi connectivity index (χ1v) is 11.7. The van der Waals surface area contributed by atoms with E-state index in [4.69, 9.17) is 4.74 Å². The molecule has 3 aromatic heterocycles. The van der Waals surface area contributed by atoms with Crippen LogP contribution in [-0.2, 0) is 0 Å². The number of rotatable bonds is 5. The molecule has 2 aliphatic rings. The quantitative estimate of drug-likeness (QED) is 0.373. The van der Waals surface area contributed by atoms with E-state index in [9.17, 15) is 9.65 Å². The van der Waals surface area contributed by atoms with E-state index in [1.54, 1.807) is 18.5 Å². The summed E-state index contributed by atoms with van der Waals surface area (Å²) in [5.41, 5.74) is 2.99. The minimum atomic E-state index is -1.52. The molecule has 4 aromatic rings. The van der Waals surface area contributed by atoms with Gasteiger partial charge in [0.2, 0.25) is 5.88 Å². The van der Waals surface area contributed by atoms with Gasteiger partial charge in [0, 0.05) is 42.0 Å². The second kappa shape index (κ2) is 9.18. The first kappa shape index (κ1) is 22.9. The van der Waals surface area contributed by atoms with E-state index in [1.807, 2.05) is 31.2 Å². The summed E-state index contributed by atoms with van der Waals surface area (Å²) in [7, 11) is 0.